The Morgan fingerprint density at radius 3 is 1.38 bits per heavy atom. The fraction of sp³-hybridized carbons (Fsp3) is 0.559. The van der Waals surface area contributed by atoms with E-state index in [1.54, 1.807) is 12.1 Å². The molecule has 230 valence electrons. The summed E-state index contributed by atoms with van der Waals surface area (Å²) in [7, 11) is 0. The quantitative estimate of drug-likeness (QED) is 0.333. The first-order chi connectivity index (χ1) is 19.8. The molecule has 0 unspecified atom stereocenters. The lowest BCUT2D eigenvalue weighted by atomic mass is 9.97. The molecular weight excluding hydrogens is 532 g/mol. The average molecular weight is 581 g/mol. The highest BCUT2D eigenvalue weighted by Gasteiger charge is 2.22. The van der Waals surface area contributed by atoms with Crippen LogP contribution in [-0.4, -0.2) is 67.3 Å². The van der Waals surface area contributed by atoms with E-state index in [-0.39, 0.29) is 24.5 Å². The summed E-state index contributed by atoms with van der Waals surface area (Å²) in [6.07, 6.45) is 4.90. The van der Waals surface area contributed by atoms with Crippen LogP contribution >= 0.6 is 0 Å². The van der Waals surface area contributed by atoms with E-state index in [4.69, 9.17) is 14.6 Å². The third-order valence-electron chi connectivity index (χ3n) is 7.34. The number of aliphatic hydroxyl groups is 1. The predicted octanol–water partition coefficient (Wildman–Crippen LogP) is 5.91. The summed E-state index contributed by atoms with van der Waals surface area (Å²) in [5.74, 6) is 0.0475. The third kappa shape index (κ3) is 10.5. The Balaban J connectivity index is 0.000000230. The van der Waals surface area contributed by atoms with Crippen LogP contribution in [0.25, 0.3) is 0 Å². The molecular formula is C34H48N2O6. The first-order valence-corrected chi connectivity index (χ1v) is 15.0. The Morgan fingerprint density at radius 2 is 1.07 bits per heavy atom. The Bertz CT molecular complexity index is 1150. The smallest absolute Gasteiger partial charge is 0.338 e. The van der Waals surface area contributed by atoms with Gasteiger partial charge in [-0.15, -0.1) is 0 Å². The van der Waals surface area contributed by atoms with E-state index in [0.29, 0.717) is 17.0 Å². The van der Waals surface area contributed by atoms with Crippen molar-refractivity contribution in [3.63, 3.8) is 0 Å². The number of carbonyl (C=O) groups is 3. The van der Waals surface area contributed by atoms with Gasteiger partial charge in [0.05, 0.1) is 11.1 Å². The third-order valence-corrected chi connectivity index (χ3v) is 7.34. The van der Waals surface area contributed by atoms with Gasteiger partial charge in [-0.25, -0.2) is 9.59 Å². The minimum Gasteiger partial charge on any atom is -0.456 e. The number of hydrogen-bond donors (Lipinski definition) is 1. The molecule has 0 amide bonds. The van der Waals surface area contributed by atoms with E-state index in [1.807, 2.05) is 77.9 Å². The number of esters is 2. The molecule has 4 rings (SSSR count). The molecule has 1 N–H and O–H groups in total. The lowest BCUT2D eigenvalue weighted by Crippen LogP contribution is -2.34. The van der Waals surface area contributed by atoms with E-state index in [0.717, 1.165) is 69.5 Å². The van der Waals surface area contributed by atoms with E-state index in [2.05, 4.69) is 9.80 Å². The number of hydrogen-bond acceptors (Lipinski definition) is 8. The molecule has 0 spiro atoms. The van der Waals surface area contributed by atoms with Crippen LogP contribution in [0.5, 0.6) is 0 Å². The van der Waals surface area contributed by atoms with Gasteiger partial charge in [-0.1, -0.05) is 0 Å². The molecule has 2 aromatic rings. The molecule has 2 aromatic carbocycles. The standard InChI is InChI=1S/C17H25NO3.C17H23NO3/c2*1-17(2,3)21-16(20)14-4-6-15(7-5-14)18-10-8-13(12-19)9-11-18/h4-7,13,19H,8-12H2,1-3H3;4-7,12-13H,8-11H2,1-3H3. The summed E-state index contributed by atoms with van der Waals surface area (Å²) < 4.78 is 10.7. The summed E-state index contributed by atoms with van der Waals surface area (Å²) >= 11 is 0. The Morgan fingerprint density at radius 1 is 0.714 bits per heavy atom. The highest BCUT2D eigenvalue weighted by Crippen LogP contribution is 2.25. The van der Waals surface area contributed by atoms with Gasteiger partial charge in [-0.05, 0) is 122 Å². The summed E-state index contributed by atoms with van der Waals surface area (Å²) in [5, 5.41) is 9.17. The summed E-state index contributed by atoms with van der Waals surface area (Å²) in [4.78, 5) is 39.2. The SMILES string of the molecule is CC(C)(C)OC(=O)c1ccc(N2CCC(C=O)CC2)cc1.CC(C)(C)OC(=O)c1ccc(N2CCC(CO)CC2)cc1. The molecule has 0 aliphatic carbocycles. The van der Waals surface area contributed by atoms with Crippen molar-refractivity contribution in [1.82, 2.24) is 0 Å². The van der Waals surface area contributed by atoms with Crippen LogP contribution in [0.4, 0.5) is 11.4 Å². The first-order valence-electron chi connectivity index (χ1n) is 15.0. The van der Waals surface area contributed by atoms with Crippen LogP contribution in [0.1, 0.15) is 87.9 Å². The van der Waals surface area contributed by atoms with Crippen molar-refractivity contribution in [2.75, 3.05) is 42.6 Å². The number of ether oxygens (including phenoxy) is 2. The van der Waals surface area contributed by atoms with Gasteiger partial charge in [0, 0.05) is 50.1 Å². The van der Waals surface area contributed by atoms with E-state index in [9.17, 15) is 14.4 Å². The normalized spacial score (nSPS) is 16.7. The lowest BCUT2D eigenvalue weighted by molar-refractivity contribution is -0.111. The number of benzene rings is 2. The van der Waals surface area contributed by atoms with E-state index < -0.39 is 11.2 Å². The number of rotatable bonds is 6. The second kappa shape index (κ2) is 14.7. The van der Waals surface area contributed by atoms with Gasteiger partial charge < -0.3 is 29.2 Å². The van der Waals surface area contributed by atoms with Crippen molar-refractivity contribution in [1.29, 1.82) is 0 Å². The fourth-order valence-corrected chi connectivity index (χ4v) is 4.96. The zero-order valence-corrected chi connectivity index (χ0v) is 26.1. The Hall–Kier alpha value is -3.39. The maximum absolute atomic E-state index is 12.0. The maximum atomic E-state index is 12.0. The van der Waals surface area contributed by atoms with Crippen LogP contribution in [0.15, 0.2) is 48.5 Å². The second-order valence-electron chi connectivity index (χ2n) is 13.2. The van der Waals surface area contributed by atoms with Crippen LogP contribution in [-0.2, 0) is 14.3 Å². The zero-order chi connectivity index (χ0) is 30.9. The van der Waals surface area contributed by atoms with Gasteiger partial charge in [-0.2, -0.15) is 0 Å². The van der Waals surface area contributed by atoms with Gasteiger partial charge in [0.25, 0.3) is 0 Å². The predicted molar refractivity (Wildman–Crippen MR) is 166 cm³/mol. The minimum absolute atomic E-state index is 0.197. The number of anilines is 2. The molecule has 2 saturated heterocycles. The molecule has 42 heavy (non-hydrogen) atoms. The number of carbonyl (C=O) groups excluding carboxylic acids is 3. The van der Waals surface area contributed by atoms with Crippen molar-refractivity contribution in [2.45, 2.75) is 78.4 Å². The maximum Gasteiger partial charge on any atom is 0.338 e. The van der Waals surface area contributed by atoms with Gasteiger partial charge in [0.1, 0.15) is 17.5 Å². The zero-order valence-electron chi connectivity index (χ0n) is 26.1. The van der Waals surface area contributed by atoms with Gasteiger partial charge in [0.15, 0.2) is 0 Å². The highest BCUT2D eigenvalue weighted by atomic mass is 16.6. The number of aliphatic hydroxyl groups excluding tert-OH is 1. The minimum atomic E-state index is -0.480. The largest absolute Gasteiger partial charge is 0.456 e. The molecule has 0 aromatic heterocycles. The van der Waals surface area contributed by atoms with Crippen LogP contribution in [0, 0.1) is 11.8 Å². The van der Waals surface area contributed by atoms with Crippen molar-refractivity contribution >= 4 is 29.6 Å². The summed E-state index contributed by atoms with van der Waals surface area (Å²) in [6, 6.07) is 15.1. The van der Waals surface area contributed by atoms with Crippen molar-refractivity contribution < 1.29 is 29.0 Å². The van der Waals surface area contributed by atoms with Crippen LogP contribution in [0.3, 0.4) is 0 Å². The van der Waals surface area contributed by atoms with Crippen molar-refractivity contribution in [2.24, 2.45) is 11.8 Å². The number of piperidine rings is 2. The van der Waals surface area contributed by atoms with Crippen LogP contribution < -0.4 is 9.80 Å². The molecule has 0 atom stereocenters. The summed E-state index contributed by atoms with van der Waals surface area (Å²) in [5.41, 5.74) is 2.41. The molecule has 2 aliphatic rings. The molecule has 8 nitrogen and oxygen atoms in total. The number of aldehydes is 1. The second-order valence-corrected chi connectivity index (χ2v) is 13.2. The highest BCUT2D eigenvalue weighted by molar-refractivity contribution is 5.90. The van der Waals surface area contributed by atoms with Gasteiger partial charge in [-0.3, -0.25) is 0 Å². The topological polar surface area (TPSA) is 96.4 Å². The Kier molecular flexibility index (Phi) is 11.6. The number of nitrogens with zero attached hydrogens (tertiary/aromatic N) is 2. The molecule has 0 radical (unpaired) electrons. The lowest BCUT2D eigenvalue weighted by Gasteiger charge is -2.33. The van der Waals surface area contributed by atoms with Crippen molar-refractivity contribution in [3.05, 3.63) is 59.7 Å². The molecule has 2 aliphatic heterocycles. The van der Waals surface area contributed by atoms with Crippen LogP contribution in [0.2, 0.25) is 0 Å². The Labute approximate surface area is 251 Å². The molecule has 0 saturated carbocycles. The molecule has 2 fully saturated rings. The monoisotopic (exact) mass is 580 g/mol. The van der Waals surface area contributed by atoms with Gasteiger partial charge >= 0.3 is 11.9 Å². The molecule has 2 heterocycles. The van der Waals surface area contributed by atoms with E-state index >= 15 is 0 Å². The average Bonchev–Trinajstić information content (AvgIpc) is 2.96. The molecule has 0 bridgehead atoms. The van der Waals surface area contributed by atoms with Gasteiger partial charge in [0.2, 0.25) is 0 Å². The fourth-order valence-electron chi connectivity index (χ4n) is 4.96. The first kappa shape index (κ1) is 33.1. The summed E-state index contributed by atoms with van der Waals surface area (Å²) in [6.45, 7) is 15.1. The van der Waals surface area contributed by atoms with E-state index in [1.165, 1.54) is 0 Å². The van der Waals surface area contributed by atoms with Crippen molar-refractivity contribution in [3.8, 4) is 0 Å². The molecule has 8 heteroatoms.